The molecule has 2 aromatic rings. The summed E-state index contributed by atoms with van der Waals surface area (Å²) in [5.74, 6) is 8.93. The topological polar surface area (TPSA) is 51.2 Å². The molecule has 3 rings (SSSR count). The molecular weight excluding hydrogens is 260 g/mol. The Kier molecular flexibility index (Phi) is 4.05. The first-order valence-corrected chi connectivity index (χ1v) is 8.03. The van der Waals surface area contributed by atoms with Gasteiger partial charge >= 0.3 is 0 Å². The van der Waals surface area contributed by atoms with Gasteiger partial charge in [0.2, 0.25) is 0 Å². The molecule has 1 heterocycles. The van der Waals surface area contributed by atoms with Crippen molar-refractivity contribution in [2.24, 2.45) is 23.6 Å². The van der Waals surface area contributed by atoms with E-state index in [-0.39, 0.29) is 6.04 Å². The van der Waals surface area contributed by atoms with Crippen molar-refractivity contribution >= 4 is 11.0 Å². The zero-order chi connectivity index (χ0) is 15.0. The SMILES string of the molecule is Cc1ccc2oc(C(NN)C3CC(C)CC(C)C3)cc2c1. The Bertz CT molecular complexity index is 609. The lowest BCUT2D eigenvalue weighted by Gasteiger charge is -2.35. The summed E-state index contributed by atoms with van der Waals surface area (Å²) in [6.45, 7) is 6.80. The van der Waals surface area contributed by atoms with Gasteiger partial charge in [-0.1, -0.05) is 25.5 Å². The predicted molar refractivity (Wildman–Crippen MR) is 86.7 cm³/mol. The maximum Gasteiger partial charge on any atom is 0.134 e. The molecule has 1 aliphatic carbocycles. The lowest BCUT2D eigenvalue weighted by molar-refractivity contribution is 0.166. The maximum atomic E-state index is 6.06. The molecule has 1 aromatic carbocycles. The quantitative estimate of drug-likeness (QED) is 0.652. The van der Waals surface area contributed by atoms with Crippen molar-refractivity contribution in [3.8, 4) is 0 Å². The molecule has 1 saturated carbocycles. The van der Waals surface area contributed by atoms with E-state index in [0.29, 0.717) is 5.92 Å². The minimum absolute atomic E-state index is 0.114. The molecule has 0 bridgehead atoms. The molecule has 1 aromatic heterocycles. The van der Waals surface area contributed by atoms with Crippen LogP contribution in [0.3, 0.4) is 0 Å². The third-order valence-corrected chi connectivity index (χ3v) is 4.86. The number of fused-ring (bicyclic) bond motifs is 1. The standard InChI is InChI=1S/C18H26N2O/c1-11-4-5-16-14(7-11)10-17(21-16)18(20-19)15-8-12(2)6-13(3)9-15/h4-5,7,10,12-13,15,18,20H,6,8-9,19H2,1-3H3. The Morgan fingerprint density at radius 2 is 1.86 bits per heavy atom. The smallest absolute Gasteiger partial charge is 0.134 e. The zero-order valence-corrected chi connectivity index (χ0v) is 13.2. The summed E-state index contributed by atoms with van der Waals surface area (Å²) in [4.78, 5) is 0. The molecule has 3 atom stereocenters. The van der Waals surface area contributed by atoms with Crippen LogP contribution in [0.5, 0.6) is 0 Å². The fourth-order valence-electron chi connectivity index (χ4n) is 4.07. The van der Waals surface area contributed by atoms with Gasteiger partial charge in [0.1, 0.15) is 11.3 Å². The number of benzene rings is 1. The minimum Gasteiger partial charge on any atom is -0.459 e. The van der Waals surface area contributed by atoms with Gasteiger partial charge in [-0.05, 0) is 62.1 Å². The van der Waals surface area contributed by atoms with E-state index in [1.807, 2.05) is 6.07 Å². The Morgan fingerprint density at radius 1 is 1.14 bits per heavy atom. The van der Waals surface area contributed by atoms with Crippen molar-refractivity contribution in [2.45, 2.75) is 46.1 Å². The fraction of sp³-hybridized carbons (Fsp3) is 0.556. The number of hydrogen-bond donors (Lipinski definition) is 2. The second-order valence-electron chi connectivity index (χ2n) is 7.01. The van der Waals surface area contributed by atoms with E-state index >= 15 is 0 Å². The summed E-state index contributed by atoms with van der Waals surface area (Å²) in [5.41, 5.74) is 5.22. The van der Waals surface area contributed by atoms with Gasteiger partial charge in [-0.15, -0.1) is 0 Å². The van der Waals surface area contributed by atoms with Crippen LogP contribution in [0.15, 0.2) is 28.7 Å². The minimum atomic E-state index is 0.114. The summed E-state index contributed by atoms with van der Waals surface area (Å²) in [6, 6.07) is 8.57. The van der Waals surface area contributed by atoms with E-state index in [0.717, 1.165) is 23.2 Å². The number of nitrogens with one attached hydrogen (secondary N) is 1. The monoisotopic (exact) mass is 286 g/mol. The highest BCUT2D eigenvalue weighted by Crippen LogP contribution is 2.40. The summed E-state index contributed by atoms with van der Waals surface area (Å²) >= 11 is 0. The van der Waals surface area contributed by atoms with Crippen LogP contribution in [0.4, 0.5) is 0 Å². The average Bonchev–Trinajstić information content (AvgIpc) is 2.81. The fourth-order valence-corrected chi connectivity index (χ4v) is 4.07. The molecule has 114 valence electrons. The predicted octanol–water partition coefficient (Wildman–Crippen LogP) is 4.32. The van der Waals surface area contributed by atoms with Crippen molar-refractivity contribution < 1.29 is 4.42 Å². The molecule has 1 fully saturated rings. The molecule has 3 heteroatoms. The van der Waals surface area contributed by atoms with Crippen molar-refractivity contribution in [2.75, 3.05) is 0 Å². The van der Waals surface area contributed by atoms with E-state index in [9.17, 15) is 0 Å². The second kappa shape index (κ2) is 5.82. The maximum absolute atomic E-state index is 6.06. The molecule has 0 saturated heterocycles. The third kappa shape index (κ3) is 2.99. The normalized spacial score (nSPS) is 27.9. The van der Waals surface area contributed by atoms with E-state index < -0.39 is 0 Å². The first kappa shape index (κ1) is 14.6. The number of rotatable bonds is 3. The van der Waals surface area contributed by atoms with E-state index in [4.69, 9.17) is 10.3 Å². The van der Waals surface area contributed by atoms with Gasteiger partial charge in [0.15, 0.2) is 0 Å². The molecule has 0 spiro atoms. The summed E-state index contributed by atoms with van der Waals surface area (Å²) < 4.78 is 6.06. The summed E-state index contributed by atoms with van der Waals surface area (Å²) in [5, 5.41) is 1.17. The van der Waals surface area contributed by atoms with Crippen molar-refractivity contribution in [3.63, 3.8) is 0 Å². The number of furan rings is 1. The number of hydrogen-bond acceptors (Lipinski definition) is 3. The van der Waals surface area contributed by atoms with Gasteiger partial charge in [0.05, 0.1) is 6.04 Å². The molecule has 0 aliphatic heterocycles. The molecule has 0 radical (unpaired) electrons. The van der Waals surface area contributed by atoms with Crippen molar-refractivity contribution in [3.05, 3.63) is 35.6 Å². The Labute approximate surface area is 126 Å². The highest BCUT2D eigenvalue weighted by molar-refractivity contribution is 5.78. The van der Waals surface area contributed by atoms with Crippen LogP contribution in [-0.2, 0) is 0 Å². The van der Waals surface area contributed by atoms with Gasteiger partial charge in [-0.2, -0.15) is 0 Å². The molecule has 3 nitrogen and oxygen atoms in total. The second-order valence-corrected chi connectivity index (χ2v) is 7.01. The first-order valence-electron chi connectivity index (χ1n) is 8.03. The van der Waals surface area contributed by atoms with E-state index in [1.54, 1.807) is 0 Å². The lowest BCUT2D eigenvalue weighted by atomic mass is 9.73. The van der Waals surface area contributed by atoms with E-state index in [1.165, 1.54) is 30.2 Å². The Morgan fingerprint density at radius 3 is 2.52 bits per heavy atom. The van der Waals surface area contributed by atoms with Crippen LogP contribution in [0.25, 0.3) is 11.0 Å². The van der Waals surface area contributed by atoms with Crippen molar-refractivity contribution in [1.29, 1.82) is 0 Å². The Hall–Kier alpha value is -1.32. The molecule has 0 amide bonds. The van der Waals surface area contributed by atoms with Crippen LogP contribution in [0.1, 0.15) is 50.5 Å². The van der Waals surface area contributed by atoms with Gasteiger partial charge in [0.25, 0.3) is 0 Å². The average molecular weight is 286 g/mol. The molecule has 1 aliphatic rings. The third-order valence-electron chi connectivity index (χ3n) is 4.86. The van der Waals surface area contributed by atoms with Crippen LogP contribution in [0, 0.1) is 24.7 Å². The highest BCUT2D eigenvalue weighted by Gasteiger charge is 2.32. The van der Waals surface area contributed by atoms with Crippen LogP contribution in [-0.4, -0.2) is 0 Å². The molecule has 21 heavy (non-hydrogen) atoms. The molecule has 3 N–H and O–H groups in total. The molecule has 3 unspecified atom stereocenters. The van der Waals surface area contributed by atoms with Crippen LogP contribution < -0.4 is 11.3 Å². The zero-order valence-electron chi connectivity index (χ0n) is 13.2. The highest BCUT2D eigenvalue weighted by atomic mass is 16.3. The van der Waals surface area contributed by atoms with Crippen molar-refractivity contribution in [1.82, 2.24) is 5.43 Å². The van der Waals surface area contributed by atoms with Gasteiger partial charge in [-0.25, -0.2) is 5.43 Å². The van der Waals surface area contributed by atoms with Gasteiger partial charge in [-0.3, -0.25) is 5.84 Å². The largest absolute Gasteiger partial charge is 0.459 e. The van der Waals surface area contributed by atoms with Gasteiger partial charge < -0.3 is 4.42 Å². The number of aryl methyl sites for hydroxylation is 1. The van der Waals surface area contributed by atoms with Crippen LogP contribution >= 0.6 is 0 Å². The number of nitrogens with two attached hydrogens (primary N) is 1. The first-order chi connectivity index (χ1) is 10.1. The van der Waals surface area contributed by atoms with Crippen LogP contribution in [0.2, 0.25) is 0 Å². The lowest BCUT2D eigenvalue weighted by Crippen LogP contribution is -2.36. The number of hydrazine groups is 1. The summed E-state index contributed by atoms with van der Waals surface area (Å²) in [6.07, 6.45) is 3.76. The van der Waals surface area contributed by atoms with Gasteiger partial charge in [0, 0.05) is 5.39 Å². The summed E-state index contributed by atoms with van der Waals surface area (Å²) in [7, 11) is 0. The van der Waals surface area contributed by atoms with E-state index in [2.05, 4.69) is 44.4 Å². The molecular formula is C18H26N2O. The Balaban J connectivity index is 1.90.